The molecule has 0 heterocycles. The molecule has 0 fully saturated rings. The third-order valence-corrected chi connectivity index (χ3v) is 4.10. The van der Waals surface area contributed by atoms with E-state index in [0.717, 1.165) is 24.4 Å². The van der Waals surface area contributed by atoms with Crippen LogP contribution in [0, 0.1) is 0 Å². The van der Waals surface area contributed by atoms with Crippen LogP contribution in [0.2, 0.25) is 5.02 Å². The van der Waals surface area contributed by atoms with E-state index >= 15 is 0 Å². The van der Waals surface area contributed by atoms with E-state index in [1.807, 2.05) is 18.2 Å². The quantitative estimate of drug-likeness (QED) is 0.754. The van der Waals surface area contributed by atoms with Crippen molar-refractivity contribution in [2.45, 2.75) is 38.6 Å². The second-order valence-corrected chi connectivity index (χ2v) is 6.23. The van der Waals surface area contributed by atoms with E-state index in [0.29, 0.717) is 12.0 Å². The van der Waals surface area contributed by atoms with Gasteiger partial charge in [0, 0.05) is 11.1 Å². The predicted molar refractivity (Wildman–Crippen MR) is 92.1 cm³/mol. The Hall–Kier alpha value is -1.31. The Kier molecular flexibility index (Phi) is 6.28. The van der Waals surface area contributed by atoms with Crippen LogP contribution in [0.3, 0.4) is 0 Å². The molecule has 0 aliphatic rings. The van der Waals surface area contributed by atoms with Gasteiger partial charge in [-0.3, -0.25) is 0 Å². The summed E-state index contributed by atoms with van der Waals surface area (Å²) in [6, 6.07) is 19.3. The maximum Gasteiger partial charge on any atom is 0.0408 e. The van der Waals surface area contributed by atoms with Crippen LogP contribution in [0.4, 0.5) is 0 Å². The van der Waals surface area contributed by atoms with Crippen molar-refractivity contribution < 1.29 is 0 Å². The number of rotatable bonds is 7. The van der Waals surface area contributed by atoms with E-state index in [1.54, 1.807) is 0 Å². The monoisotopic (exact) mass is 301 g/mol. The summed E-state index contributed by atoms with van der Waals surface area (Å²) in [5.74, 6) is 0.595. The minimum Gasteiger partial charge on any atom is -0.314 e. The molecule has 112 valence electrons. The van der Waals surface area contributed by atoms with Gasteiger partial charge in [0.15, 0.2) is 0 Å². The highest BCUT2D eigenvalue weighted by molar-refractivity contribution is 6.30. The molecule has 2 aromatic carbocycles. The Morgan fingerprint density at radius 1 is 1.00 bits per heavy atom. The summed E-state index contributed by atoms with van der Waals surface area (Å²) in [4.78, 5) is 0. The van der Waals surface area contributed by atoms with E-state index < -0.39 is 0 Å². The molecule has 0 radical (unpaired) electrons. The third-order valence-electron chi connectivity index (χ3n) is 3.87. The fourth-order valence-corrected chi connectivity index (χ4v) is 2.80. The van der Waals surface area contributed by atoms with Crippen LogP contribution in [0.5, 0.6) is 0 Å². The van der Waals surface area contributed by atoms with E-state index in [4.69, 9.17) is 11.6 Å². The molecule has 2 aromatic rings. The van der Waals surface area contributed by atoms with Crippen molar-refractivity contribution in [1.82, 2.24) is 5.32 Å². The topological polar surface area (TPSA) is 12.0 Å². The molecule has 2 unspecified atom stereocenters. The average molecular weight is 302 g/mol. The Morgan fingerprint density at radius 3 is 2.48 bits per heavy atom. The van der Waals surface area contributed by atoms with Crippen molar-refractivity contribution >= 4 is 11.6 Å². The van der Waals surface area contributed by atoms with Gasteiger partial charge in [0.05, 0.1) is 0 Å². The van der Waals surface area contributed by atoms with Crippen LogP contribution in [-0.2, 0) is 6.42 Å². The summed E-state index contributed by atoms with van der Waals surface area (Å²) < 4.78 is 0. The first kappa shape index (κ1) is 16.1. The van der Waals surface area contributed by atoms with Gasteiger partial charge in [0.25, 0.3) is 0 Å². The molecular weight excluding hydrogens is 278 g/mol. The van der Waals surface area contributed by atoms with Crippen LogP contribution < -0.4 is 5.32 Å². The molecule has 1 nitrogen and oxygen atoms in total. The molecule has 0 saturated carbocycles. The van der Waals surface area contributed by atoms with Crippen molar-refractivity contribution in [3.8, 4) is 0 Å². The number of benzene rings is 2. The fourth-order valence-electron chi connectivity index (χ4n) is 2.58. The Morgan fingerprint density at radius 2 is 1.76 bits per heavy atom. The van der Waals surface area contributed by atoms with Gasteiger partial charge in [-0.1, -0.05) is 61.0 Å². The SMILES string of the molecule is CC(Cc1cccc(Cl)c1)NCCC(C)c1ccccc1. The highest BCUT2D eigenvalue weighted by Crippen LogP contribution is 2.18. The molecule has 0 spiro atoms. The van der Waals surface area contributed by atoms with Crippen LogP contribution in [0.1, 0.15) is 37.3 Å². The molecule has 1 N–H and O–H groups in total. The standard InChI is InChI=1S/C19H24ClN/c1-15(18-8-4-3-5-9-18)11-12-21-16(2)13-17-7-6-10-19(20)14-17/h3-10,14-16,21H,11-13H2,1-2H3. The molecule has 2 rings (SSSR count). The zero-order chi connectivity index (χ0) is 15.1. The van der Waals surface area contributed by atoms with E-state index in [9.17, 15) is 0 Å². The largest absolute Gasteiger partial charge is 0.314 e. The van der Waals surface area contributed by atoms with Crippen molar-refractivity contribution in [2.24, 2.45) is 0 Å². The molecule has 0 bridgehead atoms. The molecule has 0 amide bonds. The second-order valence-electron chi connectivity index (χ2n) is 5.79. The van der Waals surface area contributed by atoms with Crippen molar-refractivity contribution in [1.29, 1.82) is 0 Å². The highest BCUT2D eigenvalue weighted by Gasteiger charge is 2.07. The van der Waals surface area contributed by atoms with Gasteiger partial charge in [-0.15, -0.1) is 0 Å². The van der Waals surface area contributed by atoms with Crippen molar-refractivity contribution in [3.63, 3.8) is 0 Å². The summed E-state index contributed by atoms with van der Waals surface area (Å²) >= 11 is 6.02. The minimum absolute atomic E-state index is 0.464. The Balaban J connectivity index is 1.73. The smallest absolute Gasteiger partial charge is 0.0408 e. The van der Waals surface area contributed by atoms with Gasteiger partial charge in [0.2, 0.25) is 0 Å². The molecule has 21 heavy (non-hydrogen) atoms. The molecule has 0 aliphatic heterocycles. The normalized spacial score (nSPS) is 13.9. The highest BCUT2D eigenvalue weighted by atomic mass is 35.5. The number of nitrogens with one attached hydrogen (secondary N) is 1. The van der Waals surface area contributed by atoms with Crippen LogP contribution in [0.25, 0.3) is 0 Å². The van der Waals surface area contributed by atoms with Crippen molar-refractivity contribution in [3.05, 3.63) is 70.7 Å². The first-order valence-electron chi connectivity index (χ1n) is 7.68. The lowest BCUT2D eigenvalue weighted by atomic mass is 9.98. The Labute approximate surface area is 133 Å². The lowest BCUT2D eigenvalue weighted by Crippen LogP contribution is -2.29. The Bertz CT molecular complexity index is 538. The van der Waals surface area contributed by atoms with E-state index in [1.165, 1.54) is 11.1 Å². The summed E-state index contributed by atoms with van der Waals surface area (Å²) in [6.07, 6.45) is 2.17. The lowest BCUT2D eigenvalue weighted by molar-refractivity contribution is 0.513. The fraction of sp³-hybridized carbons (Fsp3) is 0.368. The summed E-state index contributed by atoms with van der Waals surface area (Å²) in [5, 5.41) is 4.43. The van der Waals surface area contributed by atoms with Crippen molar-refractivity contribution in [2.75, 3.05) is 6.54 Å². The van der Waals surface area contributed by atoms with Gasteiger partial charge in [-0.2, -0.15) is 0 Å². The summed E-state index contributed by atoms with van der Waals surface area (Å²) in [6.45, 7) is 5.56. The van der Waals surface area contributed by atoms with Gasteiger partial charge in [0.1, 0.15) is 0 Å². The predicted octanol–water partition coefficient (Wildman–Crippen LogP) is 5.05. The summed E-state index contributed by atoms with van der Waals surface area (Å²) in [7, 11) is 0. The molecule has 0 aromatic heterocycles. The number of hydrogen-bond donors (Lipinski definition) is 1. The van der Waals surface area contributed by atoms with E-state index in [2.05, 4.69) is 55.6 Å². The number of halogens is 1. The second kappa shape index (κ2) is 8.21. The molecular formula is C19H24ClN. The molecule has 0 saturated heterocycles. The van der Waals surface area contributed by atoms with Gasteiger partial charge < -0.3 is 5.32 Å². The maximum absolute atomic E-state index is 6.02. The van der Waals surface area contributed by atoms with Gasteiger partial charge >= 0.3 is 0 Å². The average Bonchev–Trinajstić information content (AvgIpc) is 2.48. The zero-order valence-corrected chi connectivity index (χ0v) is 13.6. The van der Waals surface area contributed by atoms with Crippen LogP contribution in [-0.4, -0.2) is 12.6 Å². The lowest BCUT2D eigenvalue weighted by Gasteiger charge is -2.17. The van der Waals surface area contributed by atoms with Crippen LogP contribution in [0.15, 0.2) is 54.6 Å². The zero-order valence-electron chi connectivity index (χ0n) is 12.9. The van der Waals surface area contributed by atoms with Crippen LogP contribution >= 0.6 is 11.6 Å². The molecule has 2 heteroatoms. The first-order chi connectivity index (χ1) is 10.1. The van der Waals surface area contributed by atoms with Gasteiger partial charge in [-0.25, -0.2) is 0 Å². The third kappa shape index (κ3) is 5.53. The maximum atomic E-state index is 6.02. The van der Waals surface area contributed by atoms with E-state index in [-0.39, 0.29) is 0 Å². The molecule has 2 atom stereocenters. The summed E-state index contributed by atoms with van der Waals surface area (Å²) in [5.41, 5.74) is 2.71. The number of hydrogen-bond acceptors (Lipinski definition) is 1. The molecule has 0 aliphatic carbocycles. The van der Waals surface area contributed by atoms with Gasteiger partial charge in [-0.05, 0) is 55.5 Å². The minimum atomic E-state index is 0.464. The first-order valence-corrected chi connectivity index (χ1v) is 8.05.